The SMILES string of the molecule is O=C(Cn1cnc2c1CCCC2)Nc1ccccc1. The van der Waals surface area contributed by atoms with E-state index >= 15 is 0 Å². The fraction of sp³-hybridized carbons (Fsp3) is 0.333. The molecule has 0 spiro atoms. The average molecular weight is 255 g/mol. The number of fused-ring (bicyclic) bond motifs is 1. The van der Waals surface area contributed by atoms with E-state index < -0.39 is 0 Å². The number of benzene rings is 1. The van der Waals surface area contributed by atoms with Crippen molar-refractivity contribution < 1.29 is 4.79 Å². The van der Waals surface area contributed by atoms with Crippen LogP contribution in [0.4, 0.5) is 5.69 Å². The number of para-hydroxylation sites is 1. The highest BCUT2D eigenvalue weighted by atomic mass is 16.1. The van der Waals surface area contributed by atoms with Crippen molar-refractivity contribution in [2.45, 2.75) is 32.2 Å². The van der Waals surface area contributed by atoms with Crippen molar-refractivity contribution >= 4 is 11.6 Å². The monoisotopic (exact) mass is 255 g/mol. The van der Waals surface area contributed by atoms with Crippen LogP contribution in [0.3, 0.4) is 0 Å². The van der Waals surface area contributed by atoms with Crippen LogP contribution >= 0.6 is 0 Å². The van der Waals surface area contributed by atoms with E-state index in [1.165, 1.54) is 24.2 Å². The zero-order chi connectivity index (χ0) is 13.1. The fourth-order valence-corrected chi connectivity index (χ4v) is 2.54. The second-order valence-corrected chi connectivity index (χ2v) is 4.89. The molecule has 0 atom stereocenters. The molecule has 0 bridgehead atoms. The summed E-state index contributed by atoms with van der Waals surface area (Å²) in [5.41, 5.74) is 3.23. The molecular formula is C15H17N3O. The van der Waals surface area contributed by atoms with Crippen LogP contribution < -0.4 is 5.32 Å². The summed E-state index contributed by atoms with van der Waals surface area (Å²) in [5, 5.41) is 2.90. The average Bonchev–Trinajstić information content (AvgIpc) is 2.83. The Morgan fingerprint density at radius 3 is 2.84 bits per heavy atom. The van der Waals surface area contributed by atoms with Crippen molar-refractivity contribution in [2.75, 3.05) is 5.32 Å². The Morgan fingerprint density at radius 1 is 1.21 bits per heavy atom. The van der Waals surface area contributed by atoms with Crippen LogP contribution in [0.5, 0.6) is 0 Å². The minimum Gasteiger partial charge on any atom is -0.325 e. The van der Waals surface area contributed by atoms with E-state index in [9.17, 15) is 4.79 Å². The lowest BCUT2D eigenvalue weighted by Crippen LogP contribution is -2.20. The lowest BCUT2D eigenvalue weighted by Gasteiger charge is -2.13. The molecule has 19 heavy (non-hydrogen) atoms. The largest absolute Gasteiger partial charge is 0.325 e. The van der Waals surface area contributed by atoms with Gasteiger partial charge in [0.2, 0.25) is 5.91 Å². The number of carbonyl (C=O) groups excluding carboxylic acids is 1. The third kappa shape index (κ3) is 2.67. The van der Waals surface area contributed by atoms with Crippen molar-refractivity contribution in [3.8, 4) is 0 Å². The van der Waals surface area contributed by atoms with Crippen molar-refractivity contribution in [1.29, 1.82) is 0 Å². The first-order valence-corrected chi connectivity index (χ1v) is 6.71. The lowest BCUT2D eigenvalue weighted by atomic mass is 10.0. The Labute approximate surface area is 112 Å². The maximum atomic E-state index is 12.0. The molecule has 0 fully saturated rings. The fourth-order valence-electron chi connectivity index (χ4n) is 2.54. The number of rotatable bonds is 3. The van der Waals surface area contributed by atoms with Gasteiger partial charge in [-0.25, -0.2) is 4.98 Å². The molecule has 1 aromatic carbocycles. The second-order valence-electron chi connectivity index (χ2n) is 4.89. The third-order valence-corrected chi connectivity index (χ3v) is 3.48. The summed E-state index contributed by atoms with van der Waals surface area (Å²) >= 11 is 0. The summed E-state index contributed by atoms with van der Waals surface area (Å²) in [7, 11) is 0. The molecule has 1 N–H and O–H groups in total. The van der Waals surface area contributed by atoms with Crippen LogP contribution in [0.2, 0.25) is 0 Å². The summed E-state index contributed by atoms with van der Waals surface area (Å²) in [6.45, 7) is 0.344. The van der Waals surface area contributed by atoms with Crippen molar-refractivity contribution in [1.82, 2.24) is 9.55 Å². The number of nitrogens with one attached hydrogen (secondary N) is 1. The van der Waals surface area contributed by atoms with E-state index in [0.29, 0.717) is 6.54 Å². The van der Waals surface area contributed by atoms with Crippen LogP contribution in [-0.4, -0.2) is 15.5 Å². The molecule has 0 radical (unpaired) electrons. The van der Waals surface area contributed by atoms with E-state index in [0.717, 1.165) is 18.5 Å². The summed E-state index contributed by atoms with van der Waals surface area (Å²) < 4.78 is 1.98. The molecule has 1 aromatic heterocycles. The van der Waals surface area contributed by atoms with Gasteiger partial charge in [0.25, 0.3) is 0 Å². The Hall–Kier alpha value is -2.10. The number of hydrogen-bond donors (Lipinski definition) is 1. The van der Waals surface area contributed by atoms with Gasteiger partial charge in [-0.05, 0) is 37.8 Å². The van der Waals surface area contributed by atoms with Gasteiger partial charge >= 0.3 is 0 Å². The standard InChI is InChI=1S/C15H17N3O/c19-15(17-12-6-2-1-3-7-12)10-18-11-16-13-8-4-5-9-14(13)18/h1-3,6-7,11H,4-5,8-10H2,(H,17,19). The first kappa shape index (κ1) is 12.0. The Kier molecular flexibility index (Phi) is 3.31. The van der Waals surface area contributed by atoms with Crippen LogP contribution in [-0.2, 0) is 24.2 Å². The maximum absolute atomic E-state index is 12.0. The Balaban J connectivity index is 1.68. The first-order valence-electron chi connectivity index (χ1n) is 6.71. The van der Waals surface area contributed by atoms with Gasteiger partial charge in [0.15, 0.2) is 0 Å². The summed E-state index contributed by atoms with van der Waals surface area (Å²) in [4.78, 5) is 16.4. The van der Waals surface area contributed by atoms with Gasteiger partial charge in [-0.1, -0.05) is 18.2 Å². The molecule has 4 heteroatoms. The zero-order valence-corrected chi connectivity index (χ0v) is 10.8. The second kappa shape index (κ2) is 5.26. The third-order valence-electron chi connectivity index (χ3n) is 3.48. The molecule has 0 saturated heterocycles. The van der Waals surface area contributed by atoms with E-state index in [4.69, 9.17) is 0 Å². The van der Waals surface area contributed by atoms with E-state index in [2.05, 4.69) is 10.3 Å². The van der Waals surface area contributed by atoms with Crippen molar-refractivity contribution in [2.24, 2.45) is 0 Å². The van der Waals surface area contributed by atoms with Gasteiger partial charge in [0.1, 0.15) is 6.54 Å². The lowest BCUT2D eigenvalue weighted by molar-refractivity contribution is -0.116. The van der Waals surface area contributed by atoms with Gasteiger partial charge in [-0.2, -0.15) is 0 Å². The number of anilines is 1. The number of carbonyl (C=O) groups is 1. The Bertz CT molecular complexity index is 574. The van der Waals surface area contributed by atoms with Crippen molar-refractivity contribution in [3.05, 3.63) is 48.0 Å². The number of aryl methyl sites for hydroxylation is 1. The highest BCUT2D eigenvalue weighted by molar-refractivity contribution is 5.90. The highest BCUT2D eigenvalue weighted by Gasteiger charge is 2.16. The predicted octanol–water partition coefficient (Wildman–Crippen LogP) is 2.40. The molecule has 0 aliphatic heterocycles. The first-order chi connectivity index (χ1) is 9.33. The highest BCUT2D eigenvalue weighted by Crippen LogP contribution is 2.19. The molecular weight excluding hydrogens is 238 g/mol. The molecule has 2 aromatic rings. The topological polar surface area (TPSA) is 46.9 Å². The minimum atomic E-state index is -0.00280. The molecule has 0 saturated carbocycles. The summed E-state index contributed by atoms with van der Waals surface area (Å²) in [6.07, 6.45) is 6.27. The molecule has 3 rings (SSSR count). The molecule has 1 aliphatic rings. The van der Waals surface area contributed by atoms with Gasteiger partial charge in [0, 0.05) is 11.4 Å². The summed E-state index contributed by atoms with van der Waals surface area (Å²) in [5.74, 6) is -0.00280. The predicted molar refractivity (Wildman–Crippen MR) is 73.9 cm³/mol. The van der Waals surface area contributed by atoms with Gasteiger partial charge in [-0.3, -0.25) is 4.79 Å². The van der Waals surface area contributed by atoms with Gasteiger partial charge < -0.3 is 9.88 Å². The van der Waals surface area contributed by atoms with Crippen LogP contribution in [0.25, 0.3) is 0 Å². The van der Waals surface area contributed by atoms with E-state index in [-0.39, 0.29) is 5.91 Å². The van der Waals surface area contributed by atoms with Crippen LogP contribution in [0.1, 0.15) is 24.2 Å². The summed E-state index contributed by atoms with van der Waals surface area (Å²) in [6, 6.07) is 9.54. The van der Waals surface area contributed by atoms with E-state index in [1.54, 1.807) is 6.33 Å². The number of amides is 1. The smallest absolute Gasteiger partial charge is 0.244 e. The molecule has 1 heterocycles. The molecule has 1 aliphatic carbocycles. The van der Waals surface area contributed by atoms with Gasteiger partial charge in [0.05, 0.1) is 12.0 Å². The Morgan fingerprint density at radius 2 is 2.00 bits per heavy atom. The number of nitrogens with zero attached hydrogens (tertiary/aromatic N) is 2. The quantitative estimate of drug-likeness (QED) is 0.915. The van der Waals surface area contributed by atoms with Crippen LogP contribution in [0, 0.1) is 0 Å². The maximum Gasteiger partial charge on any atom is 0.244 e. The molecule has 4 nitrogen and oxygen atoms in total. The zero-order valence-electron chi connectivity index (χ0n) is 10.8. The van der Waals surface area contributed by atoms with E-state index in [1.807, 2.05) is 34.9 Å². The number of imidazole rings is 1. The number of hydrogen-bond acceptors (Lipinski definition) is 2. The minimum absolute atomic E-state index is 0.00280. The molecule has 98 valence electrons. The number of aromatic nitrogens is 2. The van der Waals surface area contributed by atoms with Crippen LogP contribution in [0.15, 0.2) is 36.7 Å². The normalized spacial score (nSPS) is 13.9. The van der Waals surface area contributed by atoms with Crippen molar-refractivity contribution in [3.63, 3.8) is 0 Å². The van der Waals surface area contributed by atoms with Gasteiger partial charge in [-0.15, -0.1) is 0 Å². The molecule has 1 amide bonds. The molecule has 0 unspecified atom stereocenters.